The molecule has 172 valence electrons. The fourth-order valence-corrected chi connectivity index (χ4v) is 4.36. The monoisotopic (exact) mass is 449 g/mol. The van der Waals surface area contributed by atoms with Gasteiger partial charge in [-0.2, -0.15) is 0 Å². The summed E-state index contributed by atoms with van der Waals surface area (Å²) >= 11 is 0. The maximum Gasteiger partial charge on any atom is 0.320 e. The van der Waals surface area contributed by atoms with E-state index in [9.17, 15) is 14.7 Å². The molecule has 0 radical (unpaired) electrons. The number of esters is 1. The van der Waals surface area contributed by atoms with E-state index in [4.69, 9.17) is 13.9 Å². The van der Waals surface area contributed by atoms with Gasteiger partial charge in [-0.3, -0.25) is 9.59 Å². The van der Waals surface area contributed by atoms with Crippen LogP contribution < -0.4 is 4.74 Å². The van der Waals surface area contributed by atoms with Gasteiger partial charge in [-0.1, -0.05) is 24.3 Å². The van der Waals surface area contributed by atoms with E-state index in [-0.39, 0.29) is 12.5 Å². The number of hydrogen-bond donors (Lipinski definition) is 1. The van der Waals surface area contributed by atoms with E-state index in [1.54, 1.807) is 6.92 Å². The Morgan fingerprint density at radius 2 is 2.00 bits per heavy atom. The number of carboxylic acid groups (broad SMARTS) is 1. The van der Waals surface area contributed by atoms with Gasteiger partial charge in [-0.15, -0.1) is 0 Å². The highest BCUT2D eigenvalue weighted by molar-refractivity contribution is 5.95. The molecule has 0 saturated heterocycles. The number of aliphatic carboxylic acids is 1. The van der Waals surface area contributed by atoms with Crippen LogP contribution in [0.5, 0.6) is 5.75 Å². The minimum Gasteiger partial charge on any atom is -0.493 e. The molecule has 7 nitrogen and oxygen atoms in total. The predicted molar refractivity (Wildman–Crippen MR) is 121 cm³/mol. The van der Waals surface area contributed by atoms with Crippen LogP contribution in [0.2, 0.25) is 0 Å². The van der Waals surface area contributed by atoms with Crippen molar-refractivity contribution in [1.29, 1.82) is 0 Å². The molecule has 2 unspecified atom stereocenters. The normalized spacial score (nSPS) is 15.6. The standard InChI is InChI=1S/C26H27NO6/c1-3-31-26(30)23(25(28)29)21-11-9-18-15-19(10-12-20(18)21)32-14-13-22-16(2)33-24(27-22)17-7-5-4-6-8-17/h4-8,10,12,15,21,23H,3,9,11,13-14H2,1-2H3,(H,28,29). The van der Waals surface area contributed by atoms with Crippen LogP contribution in [0.25, 0.3) is 11.5 Å². The zero-order chi connectivity index (χ0) is 23.4. The molecule has 1 heterocycles. The predicted octanol–water partition coefficient (Wildman–Crippen LogP) is 4.57. The lowest BCUT2D eigenvalue weighted by Gasteiger charge is -2.19. The Morgan fingerprint density at radius 3 is 2.73 bits per heavy atom. The van der Waals surface area contributed by atoms with Gasteiger partial charge < -0.3 is 19.0 Å². The molecule has 1 aliphatic carbocycles. The SMILES string of the molecule is CCOC(=O)C(C(=O)O)C1CCc2cc(OCCc3nc(-c4ccccc4)oc3C)ccc21. The van der Waals surface area contributed by atoms with Gasteiger partial charge in [0.1, 0.15) is 11.5 Å². The molecule has 2 aromatic carbocycles. The summed E-state index contributed by atoms with van der Waals surface area (Å²) < 4.78 is 16.7. The lowest BCUT2D eigenvalue weighted by atomic mass is 9.87. The zero-order valence-corrected chi connectivity index (χ0v) is 18.7. The molecule has 0 aliphatic heterocycles. The molecule has 33 heavy (non-hydrogen) atoms. The largest absolute Gasteiger partial charge is 0.493 e. The lowest BCUT2D eigenvalue weighted by Crippen LogP contribution is -2.31. The Kier molecular flexibility index (Phi) is 6.77. The van der Waals surface area contributed by atoms with E-state index in [1.807, 2.05) is 55.5 Å². The minimum atomic E-state index is -1.19. The molecule has 0 spiro atoms. The molecule has 3 aromatic rings. The van der Waals surface area contributed by atoms with Crippen molar-refractivity contribution in [3.05, 3.63) is 71.1 Å². The van der Waals surface area contributed by atoms with Gasteiger partial charge in [0.05, 0.1) is 18.9 Å². The summed E-state index contributed by atoms with van der Waals surface area (Å²) in [7, 11) is 0. The average molecular weight is 450 g/mol. The highest BCUT2D eigenvalue weighted by Crippen LogP contribution is 2.40. The van der Waals surface area contributed by atoms with Crippen LogP contribution in [0.3, 0.4) is 0 Å². The van der Waals surface area contributed by atoms with E-state index in [0.717, 1.165) is 28.1 Å². The van der Waals surface area contributed by atoms with Gasteiger partial charge in [-0.05, 0) is 62.1 Å². The number of hydrogen-bond acceptors (Lipinski definition) is 6. The molecule has 7 heteroatoms. The molecule has 4 rings (SSSR count). The van der Waals surface area contributed by atoms with Gasteiger partial charge in [0.15, 0.2) is 5.92 Å². The number of rotatable bonds is 9. The Hall–Kier alpha value is -3.61. The second-order valence-corrected chi connectivity index (χ2v) is 8.06. The van der Waals surface area contributed by atoms with Crippen LogP contribution in [0.1, 0.15) is 41.8 Å². The second kappa shape index (κ2) is 9.90. The molecule has 0 fully saturated rings. The van der Waals surface area contributed by atoms with E-state index >= 15 is 0 Å². The fourth-order valence-electron chi connectivity index (χ4n) is 4.36. The number of carboxylic acids is 1. The summed E-state index contributed by atoms with van der Waals surface area (Å²) in [5, 5.41) is 9.59. The van der Waals surface area contributed by atoms with Crippen molar-refractivity contribution >= 4 is 11.9 Å². The Labute approximate surface area is 192 Å². The van der Waals surface area contributed by atoms with Crippen LogP contribution in [0, 0.1) is 12.8 Å². The van der Waals surface area contributed by atoms with Gasteiger partial charge in [0, 0.05) is 17.9 Å². The van der Waals surface area contributed by atoms with Crippen molar-refractivity contribution < 1.29 is 28.6 Å². The number of benzene rings is 2. The third-order valence-corrected chi connectivity index (χ3v) is 5.97. The number of fused-ring (bicyclic) bond motifs is 1. The van der Waals surface area contributed by atoms with Crippen LogP contribution in [0.4, 0.5) is 0 Å². The lowest BCUT2D eigenvalue weighted by molar-refractivity contribution is -0.159. The summed E-state index contributed by atoms with van der Waals surface area (Å²) in [6, 6.07) is 15.4. The fraction of sp³-hybridized carbons (Fsp3) is 0.346. The number of carbonyl (C=O) groups excluding carboxylic acids is 1. The molecular weight excluding hydrogens is 422 g/mol. The van der Waals surface area contributed by atoms with Crippen molar-refractivity contribution in [2.75, 3.05) is 13.2 Å². The molecule has 0 saturated carbocycles. The van der Waals surface area contributed by atoms with Crippen LogP contribution in [-0.2, 0) is 27.2 Å². The van der Waals surface area contributed by atoms with Crippen LogP contribution in [0.15, 0.2) is 52.9 Å². The molecule has 0 amide bonds. The van der Waals surface area contributed by atoms with Crippen molar-refractivity contribution in [1.82, 2.24) is 4.98 Å². The highest BCUT2D eigenvalue weighted by atomic mass is 16.5. The van der Waals surface area contributed by atoms with Crippen LogP contribution >= 0.6 is 0 Å². The Bertz CT molecular complexity index is 1140. The third kappa shape index (κ3) is 4.92. The first kappa shape index (κ1) is 22.6. The minimum absolute atomic E-state index is 0.160. The van der Waals surface area contributed by atoms with Crippen molar-refractivity contribution in [3.8, 4) is 17.2 Å². The van der Waals surface area contributed by atoms with Gasteiger partial charge in [0.2, 0.25) is 5.89 Å². The summed E-state index contributed by atoms with van der Waals surface area (Å²) in [6.45, 7) is 4.16. The topological polar surface area (TPSA) is 98.9 Å². The van der Waals surface area contributed by atoms with Crippen LogP contribution in [-0.4, -0.2) is 35.2 Å². The number of aromatic nitrogens is 1. The smallest absolute Gasteiger partial charge is 0.320 e. The maximum absolute atomic E-state index is 12.2. The number of oxazole rings is 1. The van der Waals surface area contributed by atoms with E-state index < -0.39 is 17.9 Å². The van der Waals surface area contributed by atoms with Gasteiger partial charge >= 0.3 is 11.9 Å². The third-order valence-electron chi connectivity index (χ3n) is 5.97. The summed E-state index contributed by atoms with van der Waals surface area (Å²) in [6.07, 6.45) is 1.89. The molecule has 2 atom stereocenters. The Morgan fingerprint density at radius 1 is 1.21 bits per heavy atom. The van der Waals surface area contributed by atoms with Gasteiger partial charge in [-0.25, -0.2) is 4.98 Å². The molecule has 1 aliphatic rings. The summed E-state index contributed by atoms with van der Waals surface area (Å²) in [4.78, 5) is 28.5. The summed E-state index contributed by atoms with van der Waals surface area (Å²) in [5.41, 5.74) is 3.68. The maximum atomic E-state index is 12.2. The first-order valence-corrected chi connectivity index (χ1v) is 11.1. The second-order valence-electron chi connectivity index (χ2n) is 8.06. The van der Waals surface area contributed by atoms with E-state index in [1.165, 1.54) is 0 Å². The molecule has 0 bridgehead atoms. The number of ether oxygens (including phenoxy) is 2. The zero-order valence-electron chi connectivity index (χ0n) is 18.7. The number of aryl methyl sites for hydroxylation is 2. The summed E-state index contributed by atoms with van der Waals surface area (Å²) in [5.74, 6) is -1.33. The number of nitrogens with zero attached hydrogens (tertiary/aromatic N) is 1. The number of carbonyl (C=O) groups is 2. The van der Waals surface area contributed by atoms with Crippen molar-refractivity contribution in [3.63, 3.8) is 0 Å². The van der Waals surface area contributed by atoms with E-state index in [2.05, 4.69) is 4.98 Å². The van der Waals surface area contributed by atoms with Crippen molar-refractivity contribution in [2.24, 2.45) is 5.92 Å². The van der Waals surface area contributed by atoms with Crippen molar-refractivity contribution in [2.45, 2.75) is 39.0 Å². The molecule has 1 aromatic heterocycles. The first-order valence-electron chi connectivity index (χ1n) is 11.1. The van der Waals surface area contributed by atoms with E-state index in [0.29, 0.717) is 37.5 Å². The Balaban J connectivity index is 1.40. The highest BCUT2D eigenvalue weighted by Gasteiger charge is 2.40. The van der Waals surface area contributed by atoms with Gasteiger partial charge in [0.25, 0.3) is 0 Å². The molecular formula is C26H27NO6. The molecule has 1 N–H and O–H groups in total. The average Bonchev–Trinajstić information content (AvgIpc) is 3.38. The quantitative estimate of drug-likeness (QED) is 0.377. The first-order chi connectivity index (χ1) is 16.0.